The molecule has 0 bridgehead atoms. The van der Waals surface area contributed by atoms with Crippen molar-refractivity contribution in [2.75, 3.05) is 0 Å². The summed E-state index contributed by atoms with van der Waals surface area (Å²) in [6.07, 6.45) is 11.9. The zero-order valence-electron chi connectivity index (χ0n) is 15.8. The quantitative estimate of drug-likeness (QED) is 0.492. The molecule has 2 aromatic rings. The van der Waals surface area contributed by atoms with E-state index in [1.54, 1.807) is 11.1 Å². The maximum Gasteiger partial charge on any atom is -0.0512 e. The van der Waals surface area contributed by atoms with E-state index in [0.29, 0.717) is 0 Å². The Morgan fingerprint density at radius 2 is 1.76 bits per heavy atom. The van der Waals surface area contributed by atoms with Gasteiger partial charge < -0.3 is 7.43 Å². The largest absolute Gasteiger partial charge is 0.210 e. The van der Waals surface area contributed by atoms with Crippen LogP contribution in [0.15, 0.2) is 65.8 Å². The van der Waals surface area contributed by atoms with Gasteiger partial charge in [-0.1, -0.05) is 32.6 Å². The molecule has 2 aliphatic rings. The number of hydrogen-bond acceptors (Lipinski definition) is 0. The molecule has 0 unspecified atom stereocenters. The SMILES string of the molecule is CC1=[C-]CC=C1C.[CH3-].[Zr]=[CH]c1ccccc1.c1cc2c([cH-]1)CCCC2. The molecule has 0 saturated carbocycles. The molecule has 0 radical (unpaired) electrons. The van der Waals surface area contributed by atoms with Gasteiger partial charge in [0.1, 0.15) is 0 Å². The van der Waals surface area contributed by atoms with E-state index in [1.165, 1.54) is 66.6 Å². The van der Waals surface area contributed by atoms with Crippen LogP contribution in [0.1, 0.15) is 49.8 Å². The zero-order valence-corrected chi connectivity index (χ0v) is 18.3. The van der Waals surface area contributed by atoms with Gasteiger partial charge in [0.15, 0.2) is 0 Å². The molecular weight excluding hydrogens is 379 g/mol. The van der Waals surface area contributed by atoms with Gasteiger partial charge >= 0.3 is 63.8 Å². The zero-order chi connectivity index (χ0) is 17.2. The summed E-state index contributed by atoms with van der Waals surface area (Å²) in [7, 11) is 0. The number of rotatable bonds is 1. The van der Waals surface area contributed by atoms with Crippen molar-refractivity contribution in [1.29, 1.82) is 0 Å². The predicted octanol–water partition coefficient (Wildman–Crippen LogP) is 6.20. The molecule has 0 spiro atoms. The third kappa shape index (κ3) is 7.70. The Hall–Kier alpha value is -1.20. The molecule has 2 aliphatic carbocycles. The molecule has 0 fully saturated rings. The summed E-state index contributed by atoms with van der Waals surface area (Å²) in [6.45, 7) is 4.22. The van der Waals surface area contributed by atoms with Crippen LogP contribution in [-0.2, 0) is 37.1 Å². The minimum absolute atomic E-state index is 0. The van der Waals surface area contributed by atoms with Gasteiger partial charge in [0.25, 0.3) is 0 Å². The first-order valence-corrected chi connectivity index (χ1v) is 10.2. The van der Waals surface area contributed by atoms with E-state index in [4.69, 9.17) is 0 Å². The van der Waals surface area contributed by atoms with Gasteiger partial charge in [-0.15, -0.1) is 13.3 Å². The van der Waals surface area contributed by atoms with Gasteiger partial charge in [-0.25, -0.2) is 17.2 Å². The molecule has 2 aromatic carbocycles. The van der Waals surface area contributed by atoms with E-state index < -0.39 is 0 Å². The summed E-state index contributed by atoms with van der Waals surface area (Å²) in [6, 6.07) is 17.0. The molecule has 25 heavy (non-hydrogen) atoms. The molecule has 0 heterocycles. The molecule has 0 atom stereocenters. The number of hydrogen-bond donors (Lipinski definition) is 0. The monoisotopic (exact) mass is 407 g/mol. The fourth-order valence-electron chi connectivity index (χ4n) is 2.81. The Morgan fingerprint density at radius 1 is 1.04 bits per heavy atom. The number of aryl methyl sites for hydroxylation is 2. The Kier molecular flexibility index (Phi) is 10.7. The second kappa shape index (κ2) is 12.2. The fourth-order valence-corrected chi connectivity index (χ4v) is 3.29. The third-order valence-electron chi connectivity index (χ3n) is 4.48. The topological polar surface area (TPSA) is 0 Å². The van der Waals surface area contributed by atoms with E-state index in [-0.39, 0.29) is 7.43 Å². The minimum atomic E-state index is 0. The van der Waals surface area contributed by atoms with Gasteiger partial charge in [0.05, 0.1) is 0 Å². The first-order chi connectivity index (χ1) is 11.7. The smallest absolute Gasteiger partial charge is 0.0512 e. The maximum atomic E-state index is 3.19. The van der Waals surface area contributed by atoms with E-state index in [2.05, 4.69) is 72.2 Å². The molecule has 0 aliphatic heterocycles. The van der Waals surface area contributed by atoms with Crippen molar-refractivity contribution in [2.24, 2.45) is 0 Å². The summed E-state index contributed by atoms with van der Waals surface area (Å²) >= 11 is 1.46. The standard InChI is InChI=1S/C9H11.C7H9.C7H6.CH3.Zr/c1-2-5-9-7-3-6-8(9)4-1;1-6-4-3-5-7(6)2;1-7-5-3-2-4-6-7;;/h3,6-7H,1-2,4-5H2;4H,3H2,1-2H3;1-6H;1H3;/q2*-1;;-1;. The van der Waals surface area contributed by atoms with Crippen LogP contribution in [0.3, 0.4) is 0 Å². The Morgan fingerprint density at radius 3 is 2.24 bits per heavy atom. The number of fused-ring (bicyclic) bond motifs is 1. The number of allylic oxidation sites excluding steroid dienone is 4. The number of benzene rings is 1. The molecule has 0 saturated heterocycles. The minimum Gasteiger partial charge on any atom is -0.210 e. The van der Waals surface area contributed by atoms with Gasteiger partial charge in [-0.3, -0.25) is 6.08 Å². The first kappa shape index (κ1) is 21.8. The molecule has 0 nitrogen and oxygen atoms in total. The molecule has 0 amide bonds. The van der Waals surface area contributed by atoms with Crippen molar-refractivity contribution in [3.8, 4) is 0 Å². The van der Waals surface area contributed by atoms with E-state index in [0.717, 1.165) is 6.42 Å². The summed E-state index contributed by atoms with van der Waals surface area (Å²) < 4.78 is 2.17. The van der Waals surface area contributed by atoms with E-state index in [9.17, 15) is 0 Å². The van der Waals surface area contributed by atoms with Crippen LogP contribution in [0.5, 0.6) is 0 Å². The van der Waals surface area contributed by atoms with Crippen molar-refractivity contribution >= 4 is 3.71 Å². The Bertz CT molecular complexity index is 649. The first-order valence-electron chi connectivity index (χ1n) is 8.74. The van der Waals surface area contributed by atoms with Crippen LogP contribution < -0.4 is 0 Å². The fraction of sp³-hybridized carbons (Fsp3) is 0.292. The predicted molar refractivity (Wildman–Crippen MR) is 108 cm³/mol. The van der Waals surface area contributed by atoms with Crippen molar-refractivity contribution in [2.45, 2.75) is 46.0 Å². The molecule has 1 heteroatoms. The summed E-state index contributed by atoms with van der Waals surface area (Å²) in [4.78, 5) is 0. The van der Waals surface area contributed by atoms with Gasteiger partial charge in [-0.2, -0.15) is 29.3 Å². The van der Waals surface area contributed by atoms with Gasteiger partial charge in [-0.05, 0) is 0 Å². The molecule has 0 N–H and O–H groups in total. The average Bonchev–Trinajstić information content (AvgIpc) is 3.26. The Labute approximate surface area is 169 Å². The van der Waals surface area contributed by atoms with Crippen LogP contribution in [0, 0.1) is 13.5 Å². The molecular formula is C24H29Zr-3. The van der Waals surface area contributed by atoms with Crippen LogP contribution in [0.4, 0.5) is 0 Å². The second-order valence-corrected chi connectivity index (χ2v) is 6.94. The van der Waals surface area contributed by atoms with Crippen molar-refractivity contribution in [1.82, 2.24) is 0 Å². The maximum absolute atomic E-state index is 3.19. The summed E-state index contributed by atoms with van der Waals surface area (Å²) in [5, 5.41) is 0. The van der Waals surface area contributed by atoms with Crippen LogP contribution in [-0.4, -0.2) is 3.71 Å². The van der Waals surface area contributed by atoms with Gasteiger partial charge in [0, 0.05) is 0 Å². The molecule has 132 valence electrons. The van der Waals surface area contributed by atoms with Gasteiger partial charge in [0.2, 0.25) is 0 Å². The Balaban J connectivity index is 0.000000186. The summed E-state index contributed by atoms with van der Waals surface area (Å²) in [5.74, 6) is 0. The van der Waals surface area contributed by atoms with E-state index in [1.807, 2.05) is 6.07 Å². The molecule has 0 aromatic heterocycles. The molecule has 4 rings (SSSR count). The normalized spacial score (nSPS) is 14.3. The van der Waals surface area contributed by atoms with Crippen LogP contribution >= 0.6 is 0 Å². The van der Waals surface area contributed by atoms with Crippen molar-refractivity contribution in [3.63, 3.8) is 0 Å². The summed E-state index contributed by atoms with van der Waals surface area (Å²) in [5.41, 5.74) is 7.23. The second-order valence-electron chi connectivity index (χ2n) is 6.23. The third-order valence-corrected chi connectivity index (χ3v) is 5.30. The average molecular weight is 409 g/mol. The van der Waals surface area contributed by atoms with Crippen LogP contribution in [0.2, 0.25) is 0 Å². The van der Waals surface area contributed by atoms with Crippen molar-refractivity contribution < 1.29 is 24.2 Å². The van der Waals surface area contributed by atoms with E-state index >= 15 is 0 Å². The van der Waals surface area contributed by atoms with Crippen molar-refractivity contribution in [3.05, 3.63) is 95.9 Å². The van der Waals surface area contributed by atoms with Crippen LogP contribution in [0.25, 0.3) is 0 Å².